The van der Waals surface area contributed by atoms with Crippen molar-refractivity contribution in [3.63, 3.8) is 0 Å². The van der Waals surface area contributed by atoms with Crippen LogP contribution in [-0.4, -0.2) is 30.4 Å². The van der Waals surface area contributed by atoms with Gasteiger partial charge >= 0.3 is 5.97 Å². The predicted octanol–water partition coefficient (Wildman–Crippen LogP) is 0.0193. The number of nitrogens with one attached hydrogen (secondary N) is 2. The van der Waals surface area contributed by atoms with E-state index in [1.54, 1.807) is 20.9 Å². The van der Waals surface area contributed by atoms with Crippen LogP contribution in [0.25, 0.3) is 0 Å². The summed E-state index contributed by atoms with van der Waals surface area (Å²) in [7, 11) is 1.66. The maximum Gasteiger partial charge on any atom is 0.354 e. The van der Waals surface area contributed by atoms with Gasteiger partial charge in [-0.25, -0.2) is 4.79 Å². The van der Waals surface area contributed by atoms with Gasteiger partial charge in [0, 0.05) is 7.05 Å². The first-order valence-corrected chi connectivity index (χ1v) is 4.21. The van der Waals surface area contributed by atoms with Crippen LogP contribution in [0.2, 0.25) is 0 Å². The summed E-state index contributed by atoms with van der Waals surface area (Å²) in [6.45, 7) is 3.61. The Morgan fingerprint density at radius 1 is 1.62 bits per heavy atom. The molecule has 0 aromatic rings. The second kappa shape index (κ2) is 6.36. The van der Waals surface area contributed by atoms with E-state index in [1.807, 2.05) is 0 Å². The van der Waals surface area contributed by atoms with Gasteiger partial charge in [0.25, 0.3) is 0 Å². The molecule has 0 amide bonds. The molecular weight excluding hydrogens is 190 g/mol. The quantitative estimate of drug-likeness (QED) is 0.293. The number of hydrogen-bond donors (Lipinski definition) is 2. The Kier molecular flexibility index (Phi) is 5.79. The van der Waals surface area contributed by atoms with Crippen LogP contribution >= 0.6 is 12.2 Å². The lowest BCUT2D eigenvalue weighted by molar-refractivity contribution is -0.135. The van der Waals surface area contributed by atoms with Gasteiger partial charge in [-0.15, -0.1) is 0 Å². The first-order valence-electron chi connectivity index (χ1n) is 3.81. The monoisotopic (exact) mass is 203 g/mol. The number of carbonyl (C=O) groups is 1. The molecule has 5 nitrogen and oxygen atoms in total. The van der Waals surface area contributed by atoms with Crippen molar-refractivity contribution in [1.82, 2.24) is 10.7 Å². The summed E-state index contributed by atoms with van der Waals surface area (Å²) >= 11 is 4.74. The van der Waals surface area contributed by atoms with E-state index in [4.69, 9.17) is 17.0 Å². The van der Waals surface area contributed by atoms with Gasteiger partial charge in [0.05, 0.1) is 6.61 Å². The van der Waals surface area contributed by atoms with Crippen molar-refractivity contribution in [2.75, 3.05) is 13.7 Å². The Labute approximate surface area is 82.5 Å². The average molecular weight is 203 g/mol. The molecule has 0 heterocycles. The smallest absolute Gasteiger partial charge is 0.354 e. The van der Waals surface area contributed by atoms with Crippen molar-refractivity contribution in [1.29, 1.82) is 0 Å². The molecule has 0 aliphatic carbocycles. The lowest BCUT2D eigenvalue weighted by Crippen LogP contribution is -2.30. The molecule has 0 rings (SSSR count). The average Bonchev–Trinajstić information content (AvgIpc) is 2.13. The fraction of sp³-hybridized carbons (Fsp3) is 0.571. The Morgan fingerprint density at radius 3 is 2.69 bits per heavy atom. The molecule has 0 saturated carbocycles. The number of hydrogen-bond acceptors (Lipinski definition) is 4. The largest absolute Gasteiger partial charge is 0.461 e. The van der Waals surface area contributed by atoms with Gasteiger partial charge in [-0.05, 0) is 26.1 Å². The maximum atomic E-state index is 11.0. The van der Waals surface area contributed by atoms with E-state index in [9.17, 15) is 4.79 Å². The molecule has 0 atom stereocenters. The summed E-state index contributed by atoms with van der Waals surface area (Å²) in [6, 6.07) is 0. The Bertz CT molecular complexity index is 228. The molecule has 0 aliphatic heterocycles. The first-order chi connectivity index (χ1) is 6.11. The van der Waals surface area contributed by atoms with Gasteiger partial charge in [0.2, 0.25) is 0 Å². The van der Waals surface area contributed by atoms with Crippen LogP contribution in [0.4, 0.5) is 0 Å². The van der Waals surface area contributed by atoms with Gasteiger partial charge in [-0.2, -0.15) is 5.10 Å². The van der Waals surface area contributed by atoms with Gasteiger partial charge in [0.15, 0.2) is 5.11 Å². The summed E-state index contributed by atoms with van der Waals surface area (Å²) < 4.78 is 4.70. The summed E-state index contributed by atoms with van der Waals surface area (Å²) in [5.74, 6) is -0.450. The minimum absolute atomic E-state index is 0.236. The Balaban J connectivity index is 4.01. The molecule has 74 valence electrons. The van der Waals surface area contributed by atoms with Gasteiger partial charge < -0.3 is 10.1 Å². The lowest BCUT2D eigenvalue weighted by Gasteiger charge is -2.02. The Hall–Kier alpha value is -1.17. The summed E-state index contributed by atoms with van der Waals surface area (Å²) in [4.78, 5) is 11.0. The number of nitrogens with zero attached hydrogens (tertiary/aromatic N) is 1. The van der Waals surface area contributed by atoms with Crippen LogP contribution in [0.3, 0.4) is 0 Å². The van der Waals surface area contributed by atoms with Gasteiger partial charge in [-0.1, -0.05) is 0 Å². The molecule has 6 heteroatoms. The van der Waals surface area contributed by atoms with Crippen LogP contribution in [0.5, 0.6) is 0 Å². The zero-order valence-corrected chi connectivity index (χ0v) is 8.70. The fourth-order valence-corrected chi connectivity index (χ4v) is 0.517. The van der Waals surface area contributed by atoms with E-state index in [0.717, 1.165) is 0 Å². The third-order valence-corrected chi connectivity index (χ3v) is 1.42. The highest BCUT2D eigenvalue weighted by Gasteiger charge is 2.05. The van der Waals surface area contributed by atoms with Crippen LogP contribution in [0, 0.1) is 0 Å². The van der Waals surface area contributed by atoms with Gasteiger partial charge in [-0.3, -0.25) is 5.43 Å². The molecule has 0 aliphatic rings. The number of rotatable bonds is 3. The number of thiocarbonyl (C=S) groups is 1. The van der Waals surface area contributed by atoms with E-state index in [0.29, 0.717) is 11.7 Å². The molecule has 0 bridgehead atoms. The summed E-state index contributed by atoms with van der Waals surface area (Å²) in [5, 5.41) is 6.70. The lowest BCUT2D eigenvalue weighted by atomic mass is 10.4. The molecule has 13 heavy (non-hydrogen) atoms. The van der Waals surface area contributed by atoms with Crippen LogP contribution in [0.1, 0.15) is 13.8 Å². The summed E-state index contributed by atoms with van der Waals surface area (Å²) in [5.41, 5.74) is 2.71. The van der Waals surface area contributed by atoms with Crippen molar-refractivity contribution in [2.24, 2.45) is 5.10 Å². The minimum Gasteiger partial charge on any atom is -0.461 e. The zero-order valence-electron chi connectivity index (χ0n) is 7.88. The van der Waals surface area contributed by atoms with Crippen molar-refractivity contribution in [3.8, 4) is 0 Å². The first kappa shape index (κ1) is 11.8. The molecule has 2 N–H and O–H groups in total. The maximum absolute atomic E-state index is 11.0. The van der Waals surface area contributed by atoms with Crippen molar-refractivity contribution in [2.45, 2.75) is 13.8 Å². The zero-order chi connectivity index (χ0) is 10.3. The van der Waals surface area contributed by atoms with Crippen molar-refractivity contribution >= 4 is 29.0 Å². The van der Waals surface area contributed by atoms with Crippen LogP contribution in [-0.2, 0) is 9.53 Å². The SMILES string of the molecule is CCOC(=O)/C(C)=N/NC(=S)NC. The topological polar surface area (TPSA) is 62.7 Å². The van der Waals surface area contributed by atoms with E-state index in [-0.39, 0.29) is 5.71 Å². The van der Waals surface area contributed by atoms with Crippen LogP contribution < -0.4 is 10.7 Å². The van der Waals surface area contributed by atoms with Crippen LogP contribution in [0.15, 0.2) is 5.10 Å². The van der Waals surface area contributed by atoms with E-state index >= 15 is 0 Å². The molecule has 0 saturated heterocycles. The molecule has 0 aromatic heterocycles. The van der Waals surface area contributed by atoms with E-state index < -0.39 is 5.97 Å². The number of hydrazone groups is 1. The molecule has 0 unspecified atom stereocenters. The van der Waals surface area contributed by atoms with Crippen molar-refractivity contribution in [3.05, 3.63) is 0 Å². The number of carbonyl (C=O) groups excluding carboxylic acids is 1. The highest BCUT2D eigenvalue weighted by Crippen LogP contribution is 1.82. The predicted molar refractivity (Wildman–Crippen MR) is 54.5 cm³/mol. The molecular formula is C7H13N3O2S. The van der Waals surface area contributed by atoms with E-state index in [1.165, 1.54) is 0 Å². The second-order valence-electron chi connectivity index (χ2n) is 2.11. The standard InChI is InChI=1S/C7H13N3O2S/c1-4-12-6(11)5(2)9-10-7(13)8-3/h4H2,1-3H3,(H2,8,10,13)/b9-5+. The normalized spacial score (nSPS) is 10.5. The molecule has 0 spiro atoms. The summed E-state index contributed by atoms with van der Waals surface area (Å²) in [6.07, 6.45) is 0. The number of esters is 1. The van der Waals surface area contributed by atoms with Gasteiger partial charge in [0.1, 0.15) is 5.71 Å². The van der Waals surface area contributed by atoms with Crippen molar-refractivity contribution < 1.29 is 9.53 Å². The third-order valence-electron chi connectivity index (χ3n) is 1.12. The van der Waals surface area contributed by atoms with E-state index in [2.05, 4.69) is 15.8 Å². The Morgan fingerprint density at radius 2 is 2.23 bits per heavy atom. The fourth-order valence-electron chi connectivity index (χ4n) is 0.472. The highest BCUT2D eigenvalue weighted by molar-refractivity contribution is 7.80. The molecule has 0 aromatic carbocycles. The molecule has 0 fully saturated rings. The highest BCUT2D eigenvalue weighted by atomic mass is 32.1. The minimum atomic E-state index is -0.450. The molecule has 0 radical (unpaired) electrons. The number of ether oxygens (including phenoxy) is 1. The third kappa shape index (κ3) is 5.13. The second-order valence-corrected chi connectivity index (χ2v) is 2.52.